The number of hydrogen-bond donors (Lipinski definition) is 1. The number of hydrogen-bond acceptors (Lipinski definition) is 4. The van der Waals surface area contributed by atoms with Crippen LogP contribution in [0.1, 0.15) is 27.2 Å². The van der Waals surface area contributed by atoms with E-state index < -0.39 is 0 Å². The molecule has 7 heteroatoms. The Morgan fingerprint density at radius 3 is 2.57 bits per heavy atom. The van der Waals surface area contributed by atoms with Crippen LogP contribution in [0.5, 0.6) is 0 Å². The van der Waals surface area contributed by atoms with Gasteiger partial charge in [-0.05, 0) is 25.8 Å². The Labute approximate surface area is 123 Å². The second-order valence-electron chi connectivity index (χ2n) is 5.59. The Balaban J connectivity index is 2.77. The van der Waals surface area contributed by atoms with E-state index in [1.807, 2.05) is 20.8 Å². The van der Waals surface area contributed by atoms with E-state index in [-0.39, 0.29) is 17.2 Å². The second-order valence-corrected chi connectivity index (χ2v) is 5.59. The molecular formula is C14H23N5O2. The monoisotopic (exact) mass is 293 g/mol. The van der Waals surface area contributed by atoms with Gasteiger partial charge in [0.15, 0.2) is 11.2 Å². The van der Waals surface area contributed by atoms with Gasteiger partial charge in [-0.2, -0.15) is 0 Å². The molecule has 0 aliphatic carbocycles. The number of aromatic nitrogens is 4. The highest BCUT2D eigenvalue weighted by Crippen LogP contribution is 2.08. The Kier molecular flexibility index (Phi) is 4.62. The van der Waals surface area contributed by atoms with Crippen LogP contribution < -0.4 is 17.0 Å². The molecule has 21 heavy (non-hydrogen) atoms. The van der Waals surface area contributed by atoms with Crippen molar-refractivity contribution >= 4 is 11.2 Å². The largest absolute Gasteiger partial charge is 0.332 e. The number of imidazole rings is 1. The van der Waals surface area contributed by atoms with Crippen molar-refractivity contribution in [3.63, 3.8) is 0 Å². The Bertz CT molecular complexity index is 738. The molecule has 2 heterocycles. The lowest BCUT2D eigenvalue weighted by Crippen LogP contribution is -2.41. The van der Waals surface area contributed by atoms with Crippen molar-refractivity contribution < 1.29 is 0 Å². The SMILES string of the molecule is CCn1cnc2c1c(=O)n(CCCN)c(=O)n2CC(C)C. The zero-order valence-electron chi connectivity index (χ0n) is 12.9. The molecular weight excluding hydrogens is 270 g/mol. The molecule has 0 saturated heterocycles. The third-order valence-corrected chi connectivity index (χ3v) is 3.46. The number of nitrogens with two attached hydrogens (primary N) is 1. The predicted molar refractivity (Wildman–Crippen MR) is 82.4 cm³/mol. The molecule has 0 spiro atoms. The molecule has 2 aromatic heterocycles. The number of nitrogens with zero attached hydrogens (tertiary/aromatic N) is 4. The Morgan fingerprint density at radius 2 is 2.00 bits per heavy atom. The standard InChI is InChI=1S/C14H23N5O2/c1-4-17-9-16-12-11(17)13(20)18(7-5-6-15)14(21)19(12)8-10(2)3/h9-10H,4-8,15H2,1-3H3. The van der Waals surface area contributed by atoms with Gasteiger partial charge in [-0.1, -0.05) is 13.8 Å². The normalized spacial score (nSPS) is 11.7. The van der Waals surface area contributed by atoms with Crippen LogP contribution in [0.4, 0.5) is 0 Å². The second kappa shape index (κ2) is 6.26. The zero-order valence-corrected chi connectivity index (χ0v) is 12.9. The van der Waals surface area contributed by atoms with E-state index in [1.165, 1.54) is 4.57 Å². The van der Waals surface area contributed by atoms with Gasteiger partial charge >= 0.3 is 5.69 Å². The van der Waals surface area contributed by atoms with E-state index in [0.717, 1.165) is 0 Å². The minimum atomic E-state index is -0.295. The highest BCUT2D eigenvalue weighted by atomic mass is 16.2. The van der Waals surface area contributed by atoms with E-state index in [0.29, 0.717) is 43.8 Å². The van der Waals surface area contributed by atoms with Gasteiger partial charge in [0.1, 0.15) is 0 Å². The summed E-state index contributed by atoms with van der Waals surface area (Å²) in [6, 6.07) is 0. The van der Waals surface area contributed by atoms with Crippen molar-refractivity contribution in [1.82, 2.24) is 18.7 Å². The van der Waals surface area contributed by atoms with Crippen molar-refractivity contribution in [2.24, 2.45) is 11.7 Å². The Morgan fingerprint density at radius 1 is 1.29 bits per heavy atom. The molecule has 0 bridgehead atoms. The van der Waals surface area contributed by atoms with Crippen LogP contribution in [0.3, 0.4) is 0 Å². The van der Waals surface area contributed by atoms with Gasteiger partial charge in [0.25, 0.3) is 5.56 Å². The number of rotatable bonds is 6. The number of aryl methyl sites for hydroxylation is 1. The fourth-order valence-electron chi connectivity index (χ4n) is 2.45. The summed E-state index contributed by atoms with van der Waals surface area (Å²) in [5, 5.41) is 0. The smallest absolute Gasteiger partial charge is 0.330 e. The maximum absolute atomic E-state index is 12.6. The fraction of sp³-hybridized carbons (Fsp3) is 0.643. The lowest BCUT2D eigenvalue weighted by Gasteiger charge is -2.13. The van der Waals surface area contributed by atoms with Gasteiger partial charge in [0.05, 0.1) is 6.33 Å². The van der Waals surface area contributed by atoms with Gasteiger partial charge in [-0.3, -0.25) is 13.9 Å². The van der Waals surface area contributed by atoms with Crippen LogP contribution in [0, 0.1) is 5.92 Å². The molecule has 0 aromatic carbocycles. The van der Waals surface area contributed by atoms with Gasteiger partial charge in [-0.25, -0.2) is 9.78 Å². The molecule has 2 aromatic rings. The molecule has 0 fully saturated rings. The molecule has 0 aliphatic heterocycles. The average Bonchev–Trinajstić information content (AvgIpc) is 2.87. The van der Waals surface area contributed by atoms with Crippen LogP contribution in [0.25, 0.3) is 11.2 Å². The van der Waals surface area contributed by atoms with Crippen LogP contribution >= 0.6 is 0 Å². The van der Waals surface area contributed by atoms with Crippen LogP contribution in [0.15, 0.2) is 15.9 Å². The Hall–Kier alpha value is -1.89. The van der Waals surface area contributed by atoms with Crippen molar-refractivity contribution in [1.29, 1.82) is 0 Å². The van der Waals surface area contributed by atoms with E-state index in [9.17, 15) is 9.59 Å². The van der Waals surface area contributed by atoms with Gasteiger partial charge in [0.2, 0.25) is 0 Å². The predicted octanol–water partition coefficient (Wildman–Crippen LogP) is 0.384. The summed E-state index contributed by atoms with van der Waals surface area (Å²) in [5.41, 5.74) is 5.90. The average molecular weight is 293 g/mol. The molecule has 0 amide bonds. The van der Waals surface area contributed by atoms with Crippen LogP contribution in [-0.4, -0.2) is 25.2 Å². The highest BCUT2D eigenvalue weighted by Gasteiger charge is 2.17. The van der Waals surface area contributed by atoms with Gasteiger partial charge in [0, 0.05) is 19.6 Å². The van der Waals surface area contributed by atoms with E-state index >= 15 is 0 Å². The third-order valence-electron chi connectivity index (χ3n) is 3.46. The molecule has 7 nitrogen and oxygen atoms in total. The quantitative estimate of drug-likeness (QED) is 0.834. The molecule has 116 valence electrons. The first-order valence-electron chi connectivity index (χ1n) is 7.39. The van der Waals surface area contributed by atoms with E-state index in [2.05, 4.69) is 4.98 Å². The number of fused-ring (bicyclic) bond motifs is 1. The molecule has 2 N–H and O–H groups in total. The first-order chi connectivity index (χ1) is 10.0. The summed E-state index contributed by atoms with van der Waals surface area (Å²) in [7, 11) is 0. The lowest BCUT2D eigenvalue weighted by molar-refractivity contribution is 0.482. The summed E-state index contributed by atoms with van der Waals surface area (Å²) in [6.45, 7) is 7.98. The molecule has 0 unspecified atom stereocenters. The minimum absolute atomic E-state index is 0.275. The molecule has 0 atom stereocenters. The van der Waals surface area contributed by atoms with E-state index in [1.54, 1.807) is 15.5 Å². The summed E-state index contributed by atoms with van der Waals surface area (Å²) >= 11 is 0. The minimum Gasteiger partial charge on any atom is -0.330 e. The van der Waals surface area contributed by atoms with Crippen LogP contribution in [0.2, 0.25) is 0 Å². The topological polar surface area (TPSA) is 87.8 Å². The first-order valence-corrected chi connectivity index (χ1v) is 7.39. The first kappa shape index (κ1) is 15.5. The van der Waals surface area contributed by atoms with Crippen molar-refractivity contribution in [3.05, 3.63) is 27.2 Å². The van der Waals surface area contributed by atoms with Gasteiger partial charge in [-0.15, -0.1) is 0 Å². The summed E-state index contributed by atoms with van der Waals surface area (Å²) in [6.07, 6.45) is 2.22. The zero-order chi connectivity index (χ0) is 15.6. The highest BCUT2D eigenvalue weighted by molar-refractivity contribution is 5.70. The summed E-state index contributed by atoms with van der Waals surface area (Å²) in [5.74, 6) is 0.290. The van der Waals surface area contributed by atoms with Crippen LogP contribution in [-0.2, 0) is 19.6 Å². The maximum Gasteiger partial charge on any atom is 0.332 e. The fourth-order valence-corrected chi connectivity index (χ4v) is 2.45. The summed E-state index contributed by atoms with van der Waals surface area (Å²) in [4.78, 5) is 29.4. The van der Waals surface area contributed by atoms with E-state index in [4.69, 9.17) is 5.73 Å². The van der Waals surface area contributed by atoms with Crippen molar-refractivity contribution in [2.45, 2.75) is 46.8 Å². The third kappa shape index (κ3) is 2.78. The van der Waals surface area contributed by atoms with Gasteiger partial charge < -0.3 is 10.3 Å². The summed E-state index contributed by atoms with van der Waals surface area (Å²) < 4.78 is 4.67. The van der Waals surface area contributed by atoms with Crippen molar-refractivity contribution in [3.8, 4) is 0 Å². The lowest BCUT2D eigenvalue weighted by atomic mass is 10.2. The van der Waals surface area contributed by atoms with Crippen molar-refractivity contribution in [2.75, 3.05) is 6.54 Å². The molecule has 0 saturated carbocycles. The molecule has 0 radical (unpaired) electrons. The molecule has 2 rings (SSSR count). The maximum atomic E-state index is 12.6. The molecule has 0 aliphatic rings.